The smallest absolute Gasteiger partial charge is 0.303 e. The third kappa shape index (κ3) is 7.18. The number of halogens is 2. The van der Waals surface area contributed by atoms with E-state index in [1.165, 1.54) is 35.2 Å². The molecule has 0 aliphatic heterocycles. The molecular formula is C24H23ClFN3O4. The molecule has 3 rings (SSSR count). The van der Waals surface area contributed by atoms with Gasteiger partial charge in [0.2, 0.25) is 0 Å². The van der Waals surface area contributed by atoms with Crippen molar-refractivity contribution in [2.75, 3.05) is 29.9 Å². The van der Waals surface area contributed by atoms with Crippen molar-refractivity contribution in [1.82, 2.24) is 4.98 Å². The number of para-hydroxylation sites is 1. The van der Waals surface area contributed by atoms with Gasteiger partial charge >= 0.3 is 5.97 Å². The average molecular weight is 472 g/mol. The molecule has 172 valence electrons. The highest BCUT2D eigenvalue weighted by molar-refractivity contribution is 6.31. The van der Waals surface area contributed by atoms with Gasteiger partial charge in [-0.1, -0.05) is 23.7 Å². The fourth-order valence-corrected chi connectivity index (χ4v) is 3.37. The predicted octanol–water partition coefficient (Wildman–Crippen LogP) is 4.88. The molecule has 2 aromatic carbocycles. The number of rotatable bonds is 11. The van der Waals surface area contributed by atoms with E-state index in [-0.39, 0.29) is 35.7 Å². The first kappa shape index (κ1) is 24.0. The van der Waals surface area contributed by atoms with Crippen molar-refractivity contribution in [1.29, 1.82) is 0 Å². The lowest BCUT2D eigenvalue weighted by Gasteiger charge is -2.23. The van der Waals surface area contributed by atoms with Crippen LogP contribution in [-0.2, 0) is 4.79 Å². The number of nitrogens with one attached hydrogen (secondary N) is 1. The van der Waals surface area contributed by atoms with Gasteiger partial charge in [-0.3, -0.25) is 14.6 Å². The first-order valence-corrected chi connectivity index (χ1v) is 10.7. The van der Waals surface area contributed by atoms with Crippen molar-refractivity contribution in [2.24, 2.45) is 0 Å². The highest BCUT2D eigenvalue weighted by atomic mass is 35.5. The predicted molar refractivity (Wildman–Crippen MR) is 125 cm³/mol. The number of carbonyl (C=O) groups is 2. The number of carboxylic acids is 1. The van der Waals surface area contributed by atoms with Crippen LogP contribution in [0.25, 0.3) is 0 Å². The molecule has 1 aromatic heterocycles. The van der Waals surface area contributed by atoms with Crippen LogP contribution in [0.4, 0.5) is 15.8 Å². The van der Waals surface area contributed by atoms with E-state index >= 15 is 0 Å². The molecule has 33 heavy (non-hydrogen) atoms. The minimum absolute atomic E-state index is 0.0324. The molecule has 1 heterocycles. The average Bonchev–Trinajstić information content (AvgIpc) is 2.80. The number of hydrogen-bond donors (Lipinski definition) is 2. The summed E-state index contributed by atoms with van der Waals surface area (Å²) in [4.78, 5) is 29.4. The second-order valence-corrected chi connectivity index (χ2v) is 7.53. The van der Waals surface area contributed by atoms with Gasteiger partial charge in [0.15, 0.2) is 0 Å². The standard InChI is InChI=1S/C24H23ClFN3O4/c25-18-14-17(15-20(16-18)33-13-11-28-19-7-9-27-10-8-19)24(32)29(12-3-6-23(30)31)22-5-2-1-4-21(22)26/h1-2,4-5,7-10,14-16H,3,6,11-13H2,(H,27,28)(H,30,31). The maximum absolute atomic E-state index is 14.4. The number of benzene rings is 2. The quantitative estimate of drug-likeness (QED) is 0.387. The Kier molecular flexibility index (Phi) is 8.60. The number of nitrogens with zero attached hydrogens (tertiary/aromatic N) is 2. The maximum Gasteiger partial charge on any atom is 0.303 e. The van der Waals surface area contributed by atoms with Crippen molar-refractivity contribution in [3.8, 4) is 5.75 Å². The molecule has 0 spiro atoms. The first-order valence-electron chi connectivity index (χ1n) is 10.3. The van der Waals surface area contributed by atoms with Crippen molar-refractivity contribution < 1.29 is 23.8 Å². The Hall–Kier alpha value is -3.65. The van der Waals surface area contributed by atoms with Crippen molar-refractivity contribution >= 4 is 34.9 Å². The Morgan fingerprint density at radius 3 is 2.61 bits per heavy atom. The molecule has 0 radical (unpaired) electrons. The van der Waals surface area contributed by atoms with Gasteiger partial charge in [0, 0.05) is 48.2 Å². The summed E-state index contributed by atoms with van der Waals surface area (Å²) < 4.78 is 20.2. The monoisotopic (exact) mass is 471 g/mol. The summed E-state index contributed by atoms with van der Waals surface area (Å²) in [7, 11) is 0. The lowest BCUT2D eigenvalue weighted by atomic mass is 10.1. The van der Waals surface area contributed by atoms with Crippen LogP contribution >= 0.6 is 11.6 Å². The van der Waals surface area contributed by atoms with E-state index in [1.807, 2.05) is 12.1 Å². The second kappa shape index (κ2) is 11.8. The van der Waals surface area contributed by atoms with Crippen molar-refractivity contribution in [3.05, 3.63) is 83.4 Å². The minimum atomic E-state index is -0.991. The number of carbonyl (C=O) groups excluding carboxylic acids is 1. The Balaban J connectivity index is 1.73. The molecular weight excluding hydrogens is 449 g/mol. The lowest BCUT2D eigenvalue weighted by molar-refractivity contribution is -0.137. The third-order valence-corrected chi connectivity index (χ3v) is 4.88. The van der Waals surface area contributed by atoms with Gasteiger partial charge < -0.3 is 20.1 Å². The van der Waals surface area contributed by atoms with Gasteiger partial charge in [-0.05, 0) is 48.9 Å². The zero-order chi connectivity index (χ0) is 23.6. The Labute approximate surface area is 195 Å². The summed E-state index contributed by atoms with van der Waals surface area (Å²) in [5.41, 5.74) is 1.17. The van der Waals surface area contributed by atoms with Crippen LogP contribution in [0.1, 0.15) is 23.2 Å². The maximum atomic E-state index is 14.4. The Bertz CT molecular complexity index is 1100. The molecule has 9 heteroatoms. The van der Waals surface area contributed by atoms with Crippen LogP contribution in [0.3, 0.4) is 0 Å². The molecule has 0 unspecified atom stereocenters. The van der Waals surface area contributed by atoms with Crippen LogP contribution in [0.2, 0.25) is 5.02 Å². The normalized spacial score (nSPS) is 10.5. The van der Waals surface area contributed by atoms with Crippen LogP contribution in [0.15, 0.2) is 67.0 Å². The van der Waals surface area contributed by atoms with E-state index in [0.717, 1.165) is 5.69 Å². The number of amides is 1. The number of anilines is 2. The van der Waals surface area contributed by atoms with Crippen LogP contribution in [-0.4, -0.2) is 41.7 Å². The minimum Gasteiger partial charge on any atom is -0.492 e. The summed E-state index contributed by atoms with van der Waals surface area (Å²) in [5, 5.41) is 12.4. The van der Waals surface area contributed by atoms with E-state index in [4.69, 9.17) is 21.4 Å². The highest BCUT2D eigenvalue weighted by Gasteiger charge is 2.22. The van der Waals surface area contributed by atoms with Gasteiger partial charge in [-0.2, -0.15) is 0 Å². The van der Waals surface area contributed by atoms with Gasteiger partial charge in [-0.15, -0.1) is 0 Å². The third-order valence-electron chi connectivity index (χ3n) is 4.66. The topological polar surface area (TPSA) is 91.8 Å². The SMILES string of the molecule is O=C(O)CCCN(C(=O)c1cc(Cl)cc(OCCNc2ccncc2)c1)c1ccccc1F. The highest BCUT2D eigenvalue weighted by Crippen LogP contribution is 2.26. The molecule has 7 nitrogen and oxygen atoms in total. The first-order chi connectivity index (χ1) is 15.9. The zero-order valence-corrected chi connectivity index (χ0v) is 18.5. The van der Waals surface area contributed by atoms with Gasteiger partial charge in [0.25, 0.3) is 5.91 Å². The van der Waals surface area contributed by atoms with Crippen LogP contribution in [0.5, 0.6) is 5.75 Å². The molecule has 2 N–H and O–H groups in total. The fraction of sp³-hybridized carbons (Fsp3) is 0.208. The van der Waals surface area contributed by atoms with E-state index in [0.29, 0.717) is 18.9 Å². The van der Waals surface area contributed by atoms with E-state index in [9.17, 15) is 14.0 Å². The van der Waals surface area contributed by atoms with Gasteiger partial charge in [0.1, 0.15) is 18.2 Å². The Morgan fingerprint density at radius 1 is 1.12 bits per heavy atom. The molecule has 0 aliphatic rings. The van der Waals surface area contributed by atoms with Crippen molar-refractivity contribution in [2.45, 2.75) is 12.8 Å². The number of aromatic nitrogens is 1. The zero-order valence-electron chi connectivity index (χ0n) is 17.7. The number of pyridine rings is 1. The molecule has 3 aromatic rings. The summed E-state index contributed by atoms with van der Waals surface area (Å²) in [6.45, 7) is 0.854. The number of hydrogen-bond acceptors (Lipinski definition) is 5. The van der Waals surface area contributed by atoms with Crippen LogP contribution in [0, 0.1) is 5.82 Å². The van der Waals surface area contributed by atoms with Gasteiger partial charge in [-0.25, -0.2) is 4.39 Å². The lowest BCUT2D eigenvalue weighted by Crippen LogP contribution is -2.33. The molecule has 0 bridgehead atoms. The van der Waals surface area contributed by atoms with Gasteiger partial charge in [0.05, 0.1) is 5.69 Å². The number of ether oxygens (including phenoxy) is 1. The summed E-state index contributed by atoms with van der Waals surface area (Å²) >= 11 is 6.21. The number of carboxylic acid groups (broad SMARTS) is 1. The second-order valence-electron chi connectivity index (χ2n) is 7.09. The fourth-order valence-electron chi connectivity index (χ4n) is 3.15. The summed E-state index contributed by atoms with van der Waals surface area (Å²) in [5.74, 6) is -1.69. The Morgan fingerprint density at radius 2 is 1.88 bits per heavy atom. The molecule has 0 saturated heterocycles. The molecule has 0 aliphatic carbocycles. The van der Waals surface area contributed by atoms with E-state index in [2.05, 4.69) is 10.3 Å². The van der Waals surface area contributed by atoms with Crippen LogP contribution < -0.4 is 15.0 Å². The molecule has 0 saturated carbocycles. The number of aliphatic carboxylic acids is 1. The van der Waals surface area contributed by atoms with E-state index in [1.54, 1.807) is 24.5 Å². The molecule has 0 atom stereocenters. The molecule has 0 fully saturated rings. The van der Waals surface area contributed by atoms with E-state index < -0.39 is 17.7 Å². The van der Waals surface area contributed by atoms with Crippen molar-refractivity contribution in [3.63, 3.8) is 0 Å². The molecule has 1 amide bonds. The summed E-state index contributed by atoms with van der Waals surface area (Å²) in [6, 6.07) is 14.1. The summed E-state index contributed by atoms with van der Waals surface area (Å²) in [6.07, 6.45) is 3.37. The largest absolute Gasteiger partial charge is 0.492 e.